The highest BCUT2D eigenvalue weighted by molar-refractivity contribution is 5.80. The topological polar surface area (TPSA) is 105 Å². The predicted molar refractivity (Wildman–Crippen MR) is 128 cm³/mol. The third kappa shape index (κ3) is 5.03. The lowest BCUT2D eigenvalue weighted by molar-refractivity contribution is -0.142. The molecule has 2 amide bonds. The normalized spacial score (nSPS) is 21.2. The molecule has 8 nitrogen and oxygen atoms in total. The van der Waals surface area contributed by atoms with Crippen LogP contribution in [0.2, 0.25) is 0 Å². The second-order valence-electron chi connectivity index (χ2n) is 9.64. The Bertz CT molecular complexity index is 1070. The van der Waals surface area contributed by atoms with Gasteiger partial charge in [0.15, 0.2) is 0 Å². The van der Waals surface area contributed by atoms with Gasteiger partial charge in [0.25, 0.3) is 0 Å². The summed E-state index contributed by atoms with van der Waals surface area (Å²) in [7, 11) is 0. The summed E-state index contributed by atoms with van der Waals surface area (Å²) >= 11 is 0. The molecule has 2 unspecified atom stereocenters. The van der Waals surface area contributed by atoms with Gasteiger partial charge in [0, 0.05) is 32.0 Å². The van der Waals surface area contributed by atoms with E-state index in [0.29, 0.717) is 39.1 Å². The van der Waals surface area contributed by atoms with Gasteiger partial charge in [-0.15, -0.1) is 0 Å². The van der Waals surface area contributed by atoms with Crippen molar-refractivity contribution < 1.29 is 29.0 Å². The molecule has 2 N–H and O–H groups in total. The molecule has 5 rings (SSSR count). The number of hydrogen-bond acceptors (Lipinski definition) is 5. The Morgan fingerprint density at radius 3 is 2.34 bits per heavy atom. The van der Waals surface area contributed by atoms with Crippen LogP contribution >= 0.6 is 0 Å². The Balaban J connectivity index is 1.05. The van der Waals surface area contributed by atoms with E-state index >= 15 is 0 Å². The van der Waals surface area contributed by atoms with Crippen molar-refractivity contribution in [2.45, 2.75) is 31.3 Å². The molecule has 0 radical (unpaired) electrons. The fourth-order valence-corrected chi connectivity index (χ4v) is 5.38. The zero-order valence-electron chi connectivity index (χ0n) is 19.5. The number of nitrogens with one attached hydrogen (secondary N) is 1. The average Bonchev–Trinajstić information content (AvgIpc) is 3.43. The van der Waals surface area contributed by atoms with Crippen LogP contribution in [0.1, 0.15) is 36.3 Å². The first kappa shape index (κ1) is 23.4. The molecule has 184 valence electrons. The largest absolute Gasteiger partial charge is 0.481 e. The first-order chi connectivity index (χ1) is 17.0. The van der Waals surface area contributed by atoms with Crippen LogP contribution in [0.4, 0.5) is 4.79 Å². The Labute approximate surface area is 204 Å². The maximum atomic E-state index is 12.7. The second kappa shape index (κ2) is 10.1. The van der Waals surface area contributed by atoms with Crippen molar-refractivity contribution in [3.8, 4) is 11.1 Å². The van der Waals surface area contributed by atoms with Crippen molar-refractivity contribution >= 4 is 18.0 Å². The first-order valence-corrected chi connectivity index (χ1v) is 12.2. The fourth-order valence-electron chi connectivity index (χ4n) is 5.38. The molecular weight excluding hydrogens is 448 g/mol. The van der Waals surface area contributed by atoms with E-state index in [-0.39, 0.29) is 42.8 Å². The van der Waals surface area contributed by atoms with Gasteiger partial charge in [0.05, 0.1) is 18.6 Å². The van der Waals surface area contributed by atoms with Crippen molar-refractivity contribution in [3.05, 3.63) is 59.7 Å². The Kier molecular flexibility index (Phi) is 6.72. The van der Waals surface area contributed by atoms with Crippen molar-refractivity contribution in [2.75, 3.05) is 32.8 Å². The average molecular weight is 479 g/mol. The summed E-state index contributed by atoms with van der Waals surface area (Å²) in [4.78, 5) is 37.5. The van der Waals surface area contributed by atoms with Gasteiger partial charge >= 0.3 is 12.1 Å². The molecule has 3 aliphatic rings. The third-order valence-electron chi connectivity index (χ3n) is 7.28. The van der Waals surface area contributed by atoms with Gasteiger partial charge in [-0.05, 0) is 41.0 Å². The number of carboxylic acids is 1. The van der Waals surface area contributed by atoms with Gasteiger partial charge < -0.3 is 24.8 Å². The molecule has 2 saturated heterocycles. The molecule has 2 aromatic rings. The number of nitrogens with zero attached hydrogens (tertiary/aromatic N) is 1. The maximum absolute atomic E-state index is 12.7. The lowest BCUT2D eigenvalue weighted by Gasteiger charge is -2.40. The number of aliphatic carboxylic acids is 1. The highest BCUT2D eigenvalue weighted by atomic mass is 16.5. The van der Waals surface area contributed by atoms with E-state index in [9.17, 15) is 14.4 Å². The van der Waals surface area contributed by atoms with E-state index in [4.69, 9.17) is 14.6 Å². The minimum atomic E-state index is -0.800. The molecule has 2 atom stereocenters. The van der Waals surface area contributed by atoms with Gasteiger partial charge in [0.1, 0.15) is 6.61 Å². The van der Waals surface area contributed by atoms with Crippen molar-refractivity contribution in [1.29, 1.82) is 0 Å². The van der Waals surface area contributed by atoms with Crippen molar-refractivity contribution in [3.63, 3.8) is 0 Å². The van der Waals surface area contributed by atoms with Crippen LogP contribution in [0.3, 0.4) is 0 Å². The molecule has 35 heavy (non-hydrogen) atoms. The van der Waals surface area contributed by atoms with Gasteiger partial charge in [-0.25, -0.2) is 4.79 Å². The monoisotopic (exact) mass is 478 g/mol. The number of benzene rings is 2. The lowest BCUT2D eigenvalue weighted by Crippen LogP contribution is -2.52. The SMILES string of the molecule is O=C(O)CCC1CN(C(=O)C2COC(CNC(=O)OCC3c4ccccc4-c4ccccc43)C2)C1. The van der Waals surface area contributed by atoms with Gasteiger partial charge in [-0.2, -0.15) is 0 Å². The summed E-state index contributed by atoms with van der Waals surface area (Å²) in [6.07, 6.45) is 0.581. The highest BCUT2D eigenvalue weighted by Gasteiger charge is 2.38. The van der Waals surface area contributed by atoms with Crippen LogP contribution in [-0.2, 0) is 19.1 Å². The molecule has 2 heterocycles. The van der Waals surface area contributed by atoms with Gasteiger partial charge in [0.2, 0.25) is 5.91 Å². The lowest BCUT2D eigenvalue weighted by atomic mass is 9.92. The van der Waals surface area contributed by atoms with Crippen LogP contribution in [0, 0.1) is 11.8 Å². The number of carbonyl (C=O) groups excluding carboxylic acids is 2. The minimum absolute atomic E-state index is 0.00809. The highest BCUT2D eigenvalue weighted by Crippen LogP contribution is 2.44. The zero-order chi connectivity index (χ0) is 24.4. The van der Waals surface area contributed by atoms with E-state index in [1.54, 1.807) is 4.90 Å². The summed E-state index contributed by atoms with van der Waals surface area (Å²) in [6.45, 7) is 2.12. The quantitative estimate of drug-likeness (QED) is 0.604. The van der Waals surface area contributed by atoms with Gasteiger partial charge in [-0.3, -0.25) is 9.59 Å². The summed E-state index contributed by atoms with van der Waals surface area (Å²) < 4.78 is 11.3. The van der Waals surface area contributed by atoms with E-state index < -0.39 is 12.1 Å². The first-order valence-electron chi connectivity index (χ1n) is 12.2. The number of ether oxygens (including phenoxy) is 2. The summed E-state index contributed by atoms with van der Waals surface area (Å²) in [5.74, 6) is -0.687. The van der Waals surface area contributed by atoms with E-state index in [0.717, 1.165) is 11.1 Å². The number of alkyl carbamates (subject to hydrolysis) is 1. The molecule has 8 heteroatoms. The molecule has 0 aromatic heterocycles. The van der Waals surface area contributed by atoms with Crippen molar-refractivity contribution in [2.24, 2.45) is 11.8 Å². The zero-order valence-corrected chi connectivity index (χ0v) is 19.5. The predicted octanol–water partition coefficient (Wildman–Crippen LogP) is 3.25. The number of fused-ring (bicyclic) bond motifs is 3. The Hall–Kier alpha value is -3.39. The van der Waals surface area contributed by atoms with Crippen LogP contribution in [-0.4, -0.2) is 66.9 Å². The molecule has 2 aromatic carbocycles. The van der Waals surface area contributed by atoms with Gasteiger partial charge in [-0.1, -0.05) is 48.5 Å². The van der Waals surface area contributed by atoms with E-state index in [2.05, 4.69) is 29.6 Å². The standard InChI is InChI=1S/C27H30N2O6/c30-25(31)10-9-17-13-29(14-17)26(32)18-11-19(34-15-18)12-28-27(33)35-16-24-22-7-3-1-5-20(22)21-6-2-4-8-23(21)24/h1-8,17-19,24H,9-16H2,(H,28,33)(H,30,31). The maximum Gasteiger partial charge on any atom is 0.407 e. The number of hydrogen-bond donors (Lipinski definition) is 2. The third-order valence-corrected chi connectivity index (χ3v) is 7.28. The molecular formula is C27H30N2O6. The molecule has 2 aliphatic heterocycles. The van der Waals surface area contributed by atoms with Crippen molar-refractivity contribution in [1.82, 2.24) is 10.2 Å². The second-order valence-corrected chi connectivity index (χ2v) is 9.64. The summed E-state index contributed by atoms with van der Waals surface area (Å²) in [6, 6.07) is 16.4. The molecule has 2 fully saturated rings. The summed E-state index contributed by atoms with van der Waals surface area (Å²) in [5.41, 5.74) is 4.70. The fraction of sp³-hybridized carbons (Fsp3) is 0.444. The Morgan fingerprint density at radius 1 is 1.03 bits per heavy atom. The smallest absolute Gasteiger partial charge is 0.407 e. The molecule has 0 saturated carbocycles. The van der Waals surface area contributed by atoms with E-state index in [1.165, 1.54) is 11.1 Å². The molecule has 0 spiro atoms. The summed E-state index contributed by atoms with van der Waals surface area (Å²) in [5, 5.41) is 11.6. The number of carbonyl (C=O) groups is 3. The van der Waals surface area contributed by atoms with Crippen LogP contribution in [0.15, 0.2) is 48.5 Å². The number of rotatable bonds is 8. The minimum Gasteiger partial charge on any atom is -0.481 e. The van der Waals surface area contributed by atoms with Crippen LogP contribution in [0.5, 0.6) is 0 Å². The Morgan fingerprint density at radius 2 is 1.69 bits per heavy atom. The molecule has 1 aliphatic carbocycles. The number of carboxylic acid groups (broad SMARTS) is 1. The number of amides is 2. The van der Waals surface area contributed by atoms with Crippen LogP contribution in [0.25, 0.3) is 11.1 Å². The number of likely N-dealkylation sites (tertiary alicyclic amines) is 1. The molecule has 0 bridgehead atoms. The van der Waals surface area contributed by atoms with E-state index in [1.807, 2.05) is 24.3 Å². The van der Waals surface area contributed by atoms with Crippen LogP contribution < -0.4 is 5.32 Å².